The Hall–Kier alpha value is -1.60. The fraction of sp³-hybridized carbons (Fsp3) is 0.143. The Balaban J connectivity index is 2.70. The number of aliphatic hydroxyl groups is 1. The Kier molecular flexibility index (Phi) is 2.57. The zero-order chi connectivity index (χ0) is 10.8. The van der Waals surface area contributed by atoms with Gasteiger partial charge in [0.2, 0.25) is 0 Å². The van der Waals surface area contributed by atoms with Gasteiger partial charge in [0, 0.05) is 6.61 Å². The van der Waals surface area contributed by atoms with Crippen LogP contribution < -0.4 is 10.4 Å². The topological polar surface area (TPSA) is 20.2 Å². The fourth-order valence-electron chi connectivity index (χ4n) is 1.77. The standard InChI is InChI=1S/C14H14O/c1-10-3-5-13-9-12(7-8-15)4-6-14(13)11(10)2/h3-6,9,15H,1-2,7-8H2. The van der Waals surface area contributed by atoms with Gasteiger partial charge in [0.05, 0.1) is 0 Å². The first-order chi connectivity index (χ1) is 7.22. The highest BCUT2D eigenvalue weighted by Crippen LogP contribution is 2.11. The Morgan fingerprint density at radius 3 is 2.60 bits per heavy atom. The lowest BCUT2D eigenvalue weighted by Crippen LogP contribution is -2.21. The molecule has 15 heavy (non-hydrogen) atoms. The van der Waals surface area contributed by atoms with Crippen LogP contribution in [0.3, 0.4) is 0 Å². The third-order valence-electron chi connectivity index (χ3n) is 2.69. The molecule has 0 aliphatic rings. The molecule has 1 nitrogen and oxygen atoms in total. The fourth-order valence-corrected chi connectivity index (χ4v) is 1.77. The molecule has 2 aromatic carbocycles. The largest absolute Gasteiger partial charge is 0.396 e. The average Bonchev–Trinajstić information content (AvgIpc) is 2.24. The first kappa shape index (κ1) is 9.94. The zero-order valence-corrected chi connectivity index (χ0v) is 8.66. The zero-order valence-electron chi connectivity index (χ0n) is 8.66. The third-order valence-corrected chi connectivity index (χ3v) is 2.69. The van der Waals surface area contributed by atoms with E-state index in [1.165, 1.54) is 5.39 Å². The van der Waals surface area contributed by atoms with Gasteiger partial charge in [-0.1, -0.05) is 43.5 Å². The van der Waals surface area contributed by atoms with Gasteiger partial charge in [-0.15, -0.1) is 0 Å². The van der Waals surface area contributed by atoms with Crippen molar-refractivity contribution >= 4 is 23.9 Å². The molecule has 0 heterocycles. The number of hydrogen-bond acceptors (Lipinski definition) is 1. The van der Waals surface area contributed by atoms with Crippen molar-refractivity contribution in [1.29, 1.82) is 0 Å². The van der Waals surface area contributed by atoms with Gasteiger partial charge < -0.3 is 5.11 Å². The molecule has 0 bridgehead atoms. The van der Waals surface area contributed by atoms with Gasteiger partial charge in [0.1, 0.15) is 0 Å². The molecular weight excluding hydrogens is 184 g/mol. The Labute approximate surface area is 89.0 Å². The molecular formula is C14H14O. The highest BCUT2D eigenvalue weighted by atomic mass is 16.2. The maximum absolute atomic E-state index is 8.87. The van der Waals surface area contributed by atoms with Crippen LogP contribution in [-0.4, -0.2) is 11.7 Å². The summed E-state index contributed by atoms with van der Waals surface area (Å²) in [6.07, 6.45) is 0.703. The Bertz CT molecular complexity index is 584. The minimum absolute atomic E-state index is 0.191. The summed E-state index contributed by atoms with van der Waals surface area (Å²) in [6.45, 7) is 8.13. The van der Waals surface area contributed by atoms with Crippen LogP contribution in [0.1, 0.15) is 5.56 Å². The summed E-state index contributed by atoms with van der Waals surface area (Å²) in [5.74, 6) is 0. The van der Waals surface area contributed by atoms with E-state index in [1.807, 2.05) is 18.2 Å². The second kappa shape index (κ2) is 3.87. The van der Waals surface area contributed by atoms with Crippen LogP contribution >= 0.6 is 0 Å². The van der Waals surface area contributed by atoms with Crippen molar-refractivity contribution in [3.05, 3.63) is 46.3 Å². The molecule has 0 aliphatic carbocycles. The van der Waals surface area contributed by atoms with Crippen molar-refractivity contribution in [3.63, 3.8) is 0 Å². The molecule has 0 saturated heterocycles. The molecule has 0 saturated carbocycles. The Morgan fingerprint density at radius 1 is 1.07 bits per heavy atom. The number of fused-ring (bicyclic) bond motifs is 1. The summed E-state index contributed by atoms with van der Waals surface area (Å²) < 4.78 is 0. The molecule has 0 aromatic heterocycles. The summed E-state index contributed by atoms with van der Waals surface area (Å²) >= 11 is 0. The lowest BCUT2D eigenvalue weighted by atomic mass is 10.0. The van der Waals surface area contributed by atoms with Crippen molar-refractivity contribution in [2.24, 2.45) is 0 Å². The smallest absolute Gasteiger partial charge is 0.0471 e. The molecule has 76 valence electrons. The van der Waals surface area contributed by atoms with E-state index in [1.54, 1.807) is 0 Å². The van der Waals surface area contributed by atoms with Crippen LogP contribution in [0.4, 0.5) is 0 Å². The molecule has 1 N–H and O–H groups in total. The summed E-state index contributed by atoms with van der Waals surface area (Å²) in [7, 11) is 0. The van der Waals surface area contributed by atoms with Crippen molar-refractivity contribution < 1.29 is 5.11 Å². The molecule has 1 heteroatoms. The number of hydrogen-bond donors (Lipinski definition) is 1. The molecule has 0 fully saturated rings. The van der Waals surface area contributed by atoms with E-state index in [9.17, 15) is 0 Å². The van der Waals surface area contributed by atoms with E-state index in [-0.39, 0.29) is 6.61 Å². The number of benzene rings is 2. The first-order valence-electron chi connectivity index (χ1n) is 5.03. The summed E-state index contributed by atoms with van der Waals surface area (Å²) in [6, 6.07) is 10.2. The van der Waals surface area contributed by atoms with Crippen LogP contribution in [-0.2, 0) is 6.42 Å². The highest BCUT2D eigenvalue weighted by molar-refractivity contribution is 5.83. The molecule has 0 amide bonds. The van der Waals surface area contributed by atoms with E-state index in [0.717, 1.165) is 21.4 Å². The molecule has 2 rings (SSSR count). The predicted molar refractivity (Wildman–Crippen MR) is 65.0 cm³/mol. The van der Waals surface area contributed by atoms with Gasteiger partial charge in [0.15, 0.2) is 0 Å². The van der Waals surface area contributed by atoms with Gasteiger partial charge in [0.25, 0.3) is 0 Å². The summed E-state index contributed by atoms with van der Waals surface area (Å²) in [4.78, 5) is 0. The molecule has 0 spiro atoms. The van der Waals surface area contributed by atoms with Gasteiger partial charge in [-0.2, -0.15) is 0 Å². The van der Waals surface area contributed by atoms with E-state index in [4.69, 9.17) is 5.11 Å². The van der Waals surface area contributed by atoms with Crippen molar-refractivity contribution in [1.82, 2.24) is 0 Å². The Morgan fingerprint density at radius 2 is 1.87 bits per heavy atom. The second-order valence-corrected chi connectivity index (χ2v) is 3.73. The molecule has 0 aliphatic heterocycles. The normalized spacial score (nSPS) is 10.7. The SMILES string of the molecule is C=c1ccc2cc(CCO)ccc2c1=C. The van der Waals surface area contributed by atoms with E-state index >= 15 is 0 Å². The van der Waals surface area contributed by atoms with E-state index < -0.39 is 0 Å². The quantitative estimate of drug-likeness (QED) is 0.768. The lowest BCUT2D eigenvalue weighted by Gasteiger charge is -2.02. The highest BCUT2D eigenvalue weighted by Gasteiger charge is 1.97. The predicted octanol–water partition coefficient (Wildman–Crippen LogP) is 1.20. The summed E-state index contributed by atoms with van der Waals surface area (Å²) in [5.41, 5.74) is 1.15. The van der Waals surface area contributed by atoms with Crippen LogP contribution in [0.25, 0.3) is 23.9 Å². The maximum atomic E-state index is 8.87. The van der Waals surface area contributed by atoms with Gasteiger partial charge >= 0.3 is 0 Å². The second-order valence-electron chi connectivity index (χ2n) is 3.73. The molecule has 0 atom stereocenters. The van der Waals surface area contributed by atoms with Gasteiger partial charge in [-0.25, -0.2) is 0 Å². The molecule has 0 radical (unpaired) electrons. The third kappa shape index (κ3) is 1.79. The van der Waals surface area contributed by atoms with Crippen LogP contribution in [0.5, 0.6) is 0 Å². The van der Waals surface area contributed by atoms with Crippen LogP contribution in [0, 0.1) is 0 Å². The number of aliphatic hydroxyl groups excluding tert-OH is 1. The molecule has 0 unspecified atom stereocenters. The lowest BCUT2D eigenvalue weighted by molar-refractivity contribution is 0.299. The molecule has 2 aromatic rings. The first-order valence-corrected chi connectivity index (χ1v) is 5.03. The van der Waals surface area contributed by atoms with Gasteiger partial charge in [-0.3, -0.25) is 0 Å². The average molecular weight is 198 g/mol. The van der Waals surface area contributed by atoms with Crippen molar-refractivity contribution in [2.45, 2.75) is 6.42 Å². The van der Waals surface area contributed by atoms with Gasteiger partial charge in [-0.05, 0) is 33.2 Å². The maximum Gasteiger partial charge on any atom is 0.0471 e. The number of rotatable bonds is 2. The monoisotopic (exact) mass is 198 g/mol. The van der Waals surface area contributed by atoms with Crippen LogP contribution in [0.2, 0.25) is 0 Å². The van der Waals surface area contributed by atoms with E-state index in [2.05, 4.69) is 25.3 Å². The van der Waals surface area contributed by atoms with Crippen molar-refractivity contribution in [2.75, 3.05) is 6.61 Å². The minimum Gasteiger partial charge on any atom is -0.396 e. The summed E-state index contributed by atoms with van der Waals surface area (Å²) in [5, 5.41) is 13.1. The van der Waals surface area contributed by atoms with Crippen LogP contribution in [0.15, 0.2) is 30.3 Å². The van der Waals surface area contributed by atoms with E-state index in [0.29, 0.717) is 6.42 Å². The van der Waals surface area contributed by atoms with Crippen molar-refractivity contribution in [3.8, 4) is 0 Å². The minimum atomic E-state index is 0.191.